The molecule has 10 aromatic carbocycles. The molecule has 0 atom stereocenters. The summed E-state index contributed by atoms with van der Waals surface area (Å²) in [5, 5.41) is 2.51. The zero-order valence-corrected chi connectivity index (χ0v) is 34.8. The van der Waals surface area contributed by atoms with Gasteiger partial charge in [0.25, 0.3) is 0 Å². The van der Waals surface area contributed by atoms with Gasteiger partial charge in [0.05, 0.1) is 5.41 Å². The minimum atomic E-state index is -0.428. The van der Waals surface area contributed by atoms with Crippen LogP contribution in [0, 0.1) is 13.8 Å². The smallest absolute Gasteiger partial charge is 0.0731 e. The highest BCUT2D eigenvalue weighted by atomic mass is 15.1. The summed E-state index contributed by atoms with van der Waals surface area (Å²) in [6.07, 6.45) is 0. The molecule has 10 aromatic rings. The van der Waals surface area contributed by atoms with Crippen LogP contribution in [-0.2, 0) is 5.41 Å². The van der Waals surface area contributed by atoms with Crippen LogP contribution in [0.25, 0.3) is 66.4 Å². The molecule has 2 aliphatic carbocycles. The SMILES string of the molecule is Cc1ccc2c(c1)C1(c3cc(C)ccc3-2)c2ccccc2-c2cccc(-c3ccc(N(c4ccc(-c5ccccc5)cc4)c4ccc(-c5cccc6ccccc56)cc4)cc3)c21. The van der Waals surface area contributed by atoms with Crippen LogP contribution >= 0.6 is 0 Å². The van der Waals surface area contributed by atoms with Gasteiger partial charge in [-0.25, -0.2) is 0 Å². The van der Waals surface area contributed by atoms with Gasteiger partial charge in [0.15, 0.2) is 0 Å². The largest absolute Gasteiger partial charge is 0.311 e. The second kappa shape index (κ2) is 14.2. The normalized spacial score (nSPS) is 12.8. The number of nitrogens with zero attached hydrogens (tertiary/aromatic N) is 1. The van der Waals surface area contributed by atoms with Crippen molar-refractivity contribution >= 4 is 27.8 Å². The summed E-state index contributed by atoms with van der Waals surface area (Å²) >= 11 is 0. The van der Waals surface area contributed by atoms with Gasteiger partial charge in [-0.15, -0.1) is 0 Å². The van der Waals surface area contributed by atoms with Crippen molar-refractivity contribution < 1.29 is 0 Å². The Labute approximate surface area is 363 Å². The van der Waals surface area contributed by atoms with Crippen molar-refractivity contribution in [3.63, 3.8) is 0 Å². The Kier molecular flexibility index (Phi) is 8.27. The molecule has 0 fully saturated rings. The molecule has 1 nitrogen and oxygen atoms in total. The van der Waals surface area contributed by atoms with E-state index >= 15 is 0 Å². The molecule has 0 saturated carbocycles. The lowest BCUT2D eigenvalue weighted by Gasteiger charge is -2.32. The van der Waals surface area contributed by atoms with E-state index in [2.05, 4.69) is 243 Å². The molecule has 0 radical (unpaired) electrons. The number of hydrogen-bond acceptors (Lipinski definition) is 1. The van der Waals surface area contributed by atoms with Crippen molar-refractivity contribution in [2.75, 3.05) is 4.90 Å². The molecule has 1 heteroatoms. The van der Waals surface area contributed by atoms with E-state index in [0.717, 1.165) is 17.1 Å². The molecule has 0 N–H and O–H groups in total. The molecular weight excluding hydrogens is 747 g/mol. The van der Waals surface area contributed by atoms with Crippen LogP contribution in [0.2, 0.25) is 0 Å². The van der Waals surface area contributed by atoms with E-state index in [1.54, 1.807) is 0 Å². The third-order valence-corrected chi connectivity index (χ3v) is 13.4. The van der Waals surface area contributed by atoms with Gasteiger partial charge in [-0.3, -0.25) is 0 Å². The first-order valence-corrected chi connectivity index (χ1v) is 21.7. The van der Waals surface area contributed by atoms with Gasteiger partial charge in [0.2, 0.25) is 0 Å². The van der Waals surface area contributed by atoms with Gasteiger partial charge < -0.3 is 4.90 Å². The Balaban J connectivity index is 1.00. The Morgan fingerprint density at radius 2 is 0.758 bits per heavy atom. The fourth-order valence-corrected chi connectivity index (χ4v) is 10.7. The third kappa shape index (κ3) is 5.48. The van der Waals surface area contributed by atoms with Crippen LogP contribution in [0.5, 0.6) is 0 Å². The van der Waals surface area contributed by atoms with Crippen LogP contribution in [-0.4, -0.2) is 0 Å². The molecule has 292 valence electrons. The maximum absolute atomic E-state index is 2.45. The van der Waals surface area contributed by atoms with E-state index in [1.165, 1.54) is 99.8 Å². The zero-order valence-electron chi connectivity index (χ0n) is 34.8. The number of benzene rings is 10. The highest BCUT2D eigenvalue weighted by molar-refractivity contribution is 6.00. The first kappa shape index (κ1) is 36.1. The van der Waals surface area contributed by atoms with Crippen LogP contribution in [0.4, 0.5) is 17.1 Å². The Morgan fingerprint density at radius 1 is 0.306 bits per heavy atom. The number of fused-ring (bicyclic) bond motifs is 11. The van der Waals surface area contributed by atoms with Gasteiger partial charge >= 0.3 is 0 Å². The van der Waals surface area contributed by atoms with E-state index in [0.29, 0.717) is 0 Å². The number of aryl methyl sites for hydroxylation is 2. The van der Waals surface area contributed by atoms with Crippen molar-refractivity contribution in [3.8, 4) is 55.6 Å². The summed E-state index contributed by atoms with van der Waals surface area (Å²) in [5.74, 6) is 0. The van der Waals surface area contributed by atoms with Crippen LogP contribution < -0.4 is 4.90 Å². The quantitative estimate of drug-likeness (QED) is 0.162. The summed E-state index contributed by atoms with van der Waals surface area (Å²) < 4.78 is 0. The molecule has 0 amide bonds. The minimum absolute atomic E-state index is 0.428. The summed E-state index contributed by atoms with van der Waals surface area (Å²) in [5.41, 5.74) is 23.6. The van der Waals surface area contributed by atoms with E-state index in [9.17, 15) is 0 Å². The highest BCUT2D eigenvalue weighted by Crippen LogP contribution is 2.64. The Morgan fingerprint density at radius 3 is 1.42 bits per heavy atom. The van der Waals surface area contributed by atoms with Crippen molar-refractivity contribution in [3.05, 3.63) is 258 Å². The van der Waals surface area contributed by atoms with Crippen LogP contribution in [0.15, 0.2) is 224 Å². The molecule has 1 spiro atoms. The Bertz CT molecular complexity index is 3280. The Hall–Kier alpha value is -7.74. The fraction of sp³-hybridized carbons (Fsp3) is 0.0492. The summed E-state index contributed by atoms with van der Waals surface area (Å²) in [7, 11) is 0. The molecule has 12 rings (SSSR count). The maximum atomic E-state index is 2.45. The van der Waals surface area contributed by atoms with Gasteiger partial charge in [-0.1, -0.05) is 199 Å². The molecule has 0 saturated heterocycles. The lowest BCUT2D eigenvalue weighted by atomic mass is 9.68. The van der Waals surface area contributed by atoms with E-state index in [4.69, 9.17) is 0 Å². The van der Waals surface area contributed by atoms with Crippen LogP contribution in [0.1, 0.15) is 33.4 Å². The third-order valence-electron chi connectivity index (χ3n) is 13.4. The van der Waals surface area contributed by atoms with Crippen LogP contribution in [0.3, 0.4) is 0 Å². The lowest BCUT2D eigenvalue weighted by molar-refractivity contribution is 0.793. The van der Waals surface area contributed by atoms with Gasteiger partial charge in [-0.05, 0) is 139 Å². The molecule has 62 heavy (non-hydrogen) atoms. The van der Waals surface area contributed by atoms with Crippen molar-refractivity contribution in [2.24, 2.45) is 0 Å². The predicted octanol–water partition coefficient (Wildman–Crippen LogP) is 16.3. The van der Waals surface area contributed by atoms with Gasteiger partial charge in [0, 0.05) is 17.1 Å². The van der Waals surface area contributed by atoms with Gasteiger partial charge in [-0.2, -0.15) is 0 Å². The highest BCUT2D eigenvalue weighted by Gasteiger charge is 2.52. The molecule has 2 aliphatic rings. The average Bonchev–Trinajstić information content (AvgIpc) is 3.79. The van der Waals surface area contributed by atoms with E-state index in [-0.39, 0.29) is 0 Å². The fourth-order valence-electron chi connectivity index (χ4n) is 10.7. The van der Waals surface area contributed by atoms with E-state index in [1.807, 2.05) is 0 Å². The summed E-state index contributed by atoms with van der Waals surface area (Å²) in [6, 6.07) is 83.3. The summed E-state index contributed by atoms with van der Waals surface area (Å²) in [4.78, 5) is 2.38. The molecular formula is C61H43N. The summed E-state index contributed by atoms with van der Waals surface area (Å²) in [6.45, 7) is 4.46. The predicted molar refractivity (Wildman–Crippen MR) is 261 cm³/mol. The number of hydrogen-bond donors (Lipinski definition) is 0. The zero-order chi connectivity index (χ0) is 41.4. The second-order valence-corrected chi connectivity index (χ2v) is 17.0. The number of rotatable bonds is 6. The van der Waals surface area contributed by atoms with Gasteiger partial charge in [0.1, 0.15) is 0 Å². The number of anilines is 3. The monoisotopic (exact) mass is 789 g/mol. The van der Waals surface area contributed by atoms with Crippen molar-refractivity contribution in [1.29, 1.82) is 0 Å². The molecule has 0 aliphatic heterocycles. The maximum Gasteiger partial charge on any atom is 0.0731 e. The first-order valence-electron chi connectivity index (χ1n) is 21.7. The lowest BCUT2D eigenvalue weighted by Crippen LogP contribution is -2.27. The average molecular weight is 790 g/mol. The molecule has 0 heterocycles. The molecule has 0 aromatic heterocycles. The molecule has 0 bridgehead atoms. The molecule has 0 unspecified atom stereocenters. The minimum Gasteiger partial charge on any atom is -0.311 e. The van der Waals surface area contributed by atoms with Crippen molar-refractivity contribution in [2.45, 2.75) is 19.3 Å². The topological polar surface area (TPSA) is 3.24 Å². The standard InChI is InChI=1S/C61H43N/c1-40-22-36-54-55-37-23-41(2)39-59(55)61(58(54)38-40)57-21-9-8-17-53(57)56-20-11-19-52(60(56)61)46-28-34-49(35-29-46)62(47-30-24-43(25-31-47)42-12-4-3-5-13-42)48-32-26-45(27-33-48)51-18-10-15-44-14-6-7-16-50(44)51/h3-39H,1-2H3. The van der Waals surface area contributed by atoms with Crippen molar-refractivity contribution in [1.82, 2.24) is 0 Å². The second-order valence-electron chi connectivity index (χ2n) is 17.0. The van der Waals surface area contributed by atoms with E-state index < -0.39 is 5.41 Å². The first-order chi connectivity index (χ1) is 30.6.